The number of carbonyl (C=O) groups is 1. The predicted molar refractivity (Wildman–Crippen MR) is 131 cm³/mol. The van der Waals surface area contributed by atoms with Crippen molar-refractivity contribution in [1.82, 2.24) is 9.80 Å². The molecule has 0 radical (unpaired) electrons. The van der Waals surface area contributed by atoms with Gasteiger partial charge in [-0.3, -0.25) is 9.69 Å². The number of hydrogen-bond acceptors (Lipinski definition) is 7. The molecule has 3 aliphatic heterocycles. The third kappa shape index (κ3) is 9.36. The summed E-state index contributed by atoms with van der Waals surface area (Å²) in [4.78, 5) is 15.8. The van der Waals surface area contributed by atoms with Crippen LogP contribution in [0.3, 0.4) is 0 Å². The van der Waals surface area contributed by atoms with Crippen molar-refractivity contribution in [1.29, 1.82) is 0 Å². The minimum atomic E-state index is -0.403. The minimum Gasteiger partial charge on any atom is -0.387 e. The molecule has 0 aromatic rings. The lowest BCUT2D eigenvalue weighted by Crippen LogP contribution is -2.46. The van der Waals surface area contributed by atoms with Crippen molar-refractivity contribution in [3.8, 4) is 0 Å². The molecule has 3 aliphatic rings. The predicted octanol–water partition coefficient (Wildman–Crippen LogP) is 2.61. The second-order valence-electron chi connectivity index (χ2n) is 10.7. The molecular formula is C26H48N2O6. The Morgan fingerprint density at radius 3 is 2.38 bits per heavy atom. The molecule has 3 saturated heterocycles. The quantitative estimate of drug-likeness (QED) is 0.483. The summed E-state index contributed by atoms with van der Waals surface area (Å²) < 4.78 is 24.8. The van der Waals surface area contributed by atoms with Gasteiger partial charge in [-0.05, 0) is 79.2 Å². The molecule has 3 rings (SSSR count). The van der Waals surface area contributed by atoms with Crippen molar-refractivity contribution in [3.05, 3.63) is 0 Å². The van der Waals surface area contributed by atoms with E-state index in [2.05, 4.69) is 32.6 Å². The Labute approximate surface area is 206 Å². The highest BCUT2D eigenvalue weighted by atomic mass is 16.5. The fourth-order valence-corrected chi connectivity index (χ4v) is 5.64. The fraction of sp³-hybridized carbons (Fsp3) is 0.962. The first-order valence-corrected chi connectivity index (χ1v) is 13.5. The van der Waals surface area contributed by atoms with Crippen molar-refractivity contribution in [3.63, 3.8) is 0 Å². The Hall–Kier alpha value is -0.770. The number of likely N-dealkylation sites (tertiary alicyclic amines) is 2. The molecule has 8 nitrogen and oxygen atoms in total. The van der Waals surface area contributed by atoms with Gasteiger partial charge in [-0.2, -0.15) is 0 Å². The van der Waals surface area contributed by atoms with E-state index < -0.39 is 6.61 Å². The van der Waals surface area contributed by atoms with Crippen LogP contribution < -0.4 is 0 Å². The zero-order valence-corrected chi connectivity index (χ0v) is 21.8. The molecule has 4 unspecified atom stereocenters. The Morgan fingerprint density at radius 2 is 1.68 bits per heavy atom. The van der Waals surface area contributed by atoms with Gasteiger partial charge in [-0.1, -0.05) is 0 Å². The topological polar surface area (TPSA) is 80.7 Å². The molecule has 0 spiro atoms. The van der Waals surface area contributed by atoms with Gasteiger partial charge < -0.3 is 29.0 Å². The second-order valence-corrected chi connectivity index (χ2v) is 10.7. The number of amides is 1. The number of hydrogen-bond donors (Lipinski definition) is 1. The summed E-state index contributed by atoms with van der Waals surface area (Å²) in [6.45, 7) is 13.2. The Morgan fingerprint density at radius 1 is 0.941 bits per heavy atom. The molecule has 0 bridgehead atoms. The summed E-state index contributed by atoms with van der Waals surface area (Å²) >= 11 is 0. The van der Waals surface area contributed by atoms with E-state index in [0.29, 0.717) is 19.2 Å². The van der Waals surface area contributed by atoms with E-state index in [1.807, 2.05) is 0 Å². The first kappa shape index (κ1) is 27.8. The SMILES string of the molecule is CC(C)OC1CCOC(CC(C)O[C@@H]2CCCN(CC(C)OC3CCN(C(=O)CO)CC3)C2)C1. The zero-order valence-electron chi connectivity index (χ0n) is 21.8. The normalized spacial score (nSPS) is 29.4. The van der Waals surface area contributed by atoms with E-state index in [4.69, 9.17) is 24.1 Å². The molecule has 0 aliphatic carbocycles. The molecule has 198 valence electrons. The minimum absolute atomic E-state index is 0.148. The van der Waals surface area contributed by atoms with Crippen LogP contribution in [-0.2, 0) is 23.7 Å². The number of ether oxygens (including phenoxy) is 4. The van der Waals surface area contributed by atoms with E-state index in [0.717, 1.165) is 71.2 Å². The van der Waals surface area contributed by atoms with Crippen LogP contribution in [0, 0.1) is 0 Å². The lowest BCUT2D eigenvalue weighted by molar-refractivity contribution is -0.137. The van der Waals surface area contributed by atoms with Gasteiger partial charge in [-0.25, -0.2) is 0 Å². The average molecular weight is 485 g/mol. The van der Waals surface area contributed by atoms with E-state index in [1.54, 1.807) is 4.90 Å². The highest BCUT2D eigenvalue weighted by Crippen LogP contribution is 2.24. The van der Waals surface area contributed by atoms with Crippen LogP contribution in [0.15, 0.2) is 0 Å². The number of rotatable bonds is 11. The van der Waals surface area contributed by atoms with Crippen molar-refractivity contribution < 1.29 is 28.8 Å². The van der Waals surface area contributed by atoms with Gasteiger partial charge in [-0.15, -0.1) is 0 Å². The van der Waals surface area contributed by atoms with Gasteiger partial charge in [0.05, 0.1) is 42.7 Å². The summed E-state index contributed by atoms with van der Waals surface area (Å²) in [5, 5.41) is 9.03. The lowest BCUT2D eigenvalue weighted by Gasteiger charge is -2.38. The largest absolute Gasteiger partial charge is 0.387 e. The van der Waals surface area contributed by atoms with Crippen molar-refractivity contribution in [2.24, 2.45) is 0 Å². The molecule has 5 atom stereocenters. The van der Waals surface area contributed by atoms with E-state index in [1.165, 1.54) is 0 Å². The monoisotopic (exact) mass is 484 g/mol. The van der Waals surface area contributed by atoms with Crippen LogP contribution in [0.25, 0.3) is 0 Å². The molecule has 8 heteroatoms. The van der Waals surface area contributed by atoms with Crippen molar-refractivity contribution in [2.45, 2.75) is 115 Å². The number of nitrogens with zero attached hydrogens (tertiary/aromatic N) is 2. The van der Waals surface area contributed by atoms with Crippen LogP contribution in [0.1, 0.15) is 72.6 Å². The zero-order chi connectivity index (χ0) is 24.5. The first-order valence-electron chi connectivity index (χ1n) is 13.5. The van der Waals surface area contributed by atoms with Gasteiger partial charge in [0.25, 0.3) is 0 Å². The number of aliphatic hydroxyl groups excluding tert-OH is 1. The van der Waals surface area contributed by atoms with E-state index >= 15 is 0 Å². The van der Waals surface area contributed by atoms with Gasteiger partial charge in [0, 0.05) is 32.8 Å². The molecule has 3 fully saturated rings. The maximum absolute atomic E-state index is 11.6. The number of aliphatic hydroxyl groups is 1. The van der Waals surface area contributed by atoms with Gasteiger partial charge in [0.15, 0.2) is 0 Å². The van der Waals surface area contributed by atoms with Crippen LogP contribution in [-0.4, -0.2) is 109 Å². The van der Waals surface area contributed by atoms with Gasteiger partial charge in [0.2, 0.25) is 5.91 Å². The third-order valence-electron chi connectivity index (χ3n) is 7.14. The second kappa shape index (κ2) is 14.1. The van der Waals surface area contributed by atoms with Crippen molar-refractivity contribution in [2.75, 3.05) is 45.9 Å². The van der Waals surface area contributed by atoms with E-state index in [9.17, 15) is 4.79 Å². The maximum atomic E-state index is 11.6. The summed E-state index contributed by atoms with van der Waals surface area (Å²) in [6, 6.07) is 0. The van der Waals surface area contributed by atoms with Gasteiger partial charge >= 0.3 is 0 Å². The van der Waals surface area contributed by atoms with Gasteiger partial charge in [0.1, 0.15) is 6.61 Å². The Kier molecular flexibility index (Phi) is 11.5. The summed E-state index contributed by atoms with van der Waals surface area (Å²) in [5.74, 6) is -0.182. The Bertz CT molecular complexity index is 598. The van der Waals surface area contributed by atoms with E-state index in [-0.39, 0.29) is 42.5 Å². The van der Waals surface area contributed by atoms with Crippen LogP contribution in [0.2, 0.25) is 0 Å². The Balaban J connectivity index is 1.34. The summed E-state index contributed by atoms with van der Waals surface area (Å²) in [5.41, 5.74) is 0. The summed E-state index contributed by atoms with van der Waals surface area (Å²) in [7, 11) is 0. The molecule has 0 aromatic heterocycles. The lowest BCUT2D eigenvalue weighted by atomic mass is 10.0. The third-order valence-corrected chi connectivity index (χ3v) is 7.14. The standard InChI is InChI=1S/C26H48N2O6/c1-19(2)32-23-9-13-31-25(15-23)14-20(3)33-24-6-5-10-27(17-24)16-21(4)34-22-7-11-28(12-8-22)26(30)18-29/h19-25,29H,5-18H2,1-4H3/t20?,21?,23?,24-,25?/m1/s1. The summed E-state index contributed by atoms with van der Waals surface area (Å²) in [6.07, 6.45) is 8.37. The van der Waals surface area contributed by atoms with Crippen molar-refractivity contribution >= 4 is 5.91 Å². The van der Waals surface area contributed by atoms with Crippen LogP contribution in [0.5, 0.6) is 0 Å². The first-order chi connectivity index (χ1) is 16.3. The molecule has 3 heterocycles. The molecular weight excluding hydrogens is 436 g/mol. The van der Waals surface area contributed by atoms with Crippen LogP contribution in [0.4, 0.5) is 0 Å². The molecule has 1 amide bonds. The highest BCUT2D eigenvalue weighted by molar-refractivity contribution is 5.77. The highest BCUT2D eigenvalue weighted by Gasteiger charge is 2.29. The van der Waals surface area contributed by atoms with Crippen LogP contribution >= 0.6 is 0 Å². The average Bonchev–Trinajstić information content (AvgIpc) is 2.79. The number of carbonyl (C=O) groups excluding carboxylic acids is 1. The smallest absolute Gasteiger partial charge is 0.248 e. The molecule has 0 aromatic carbocycles. The number of piperidine rings is 2. The molecule has 1 N–H and O–H groups in total. The molecule has 0 saturated carbocycles. The maximum Gasteiger partial charge on any atom is 0.248 e. The molecule has 34 heavy (non-hydrogen) atoms. The fourth-order valence-electron chi connectivity index (χ4n) is 5.64.